The summed E-state index contributed by atoms with van der Waals surface area (Å²) < 4.78 is 4.94. The van der Waals surface area contributed by atoms with Crippen LogP contribution in [0.5, 0.6) is 0 Å². The zero-order valence-corrected chi connectivity index (χ0v) is 11.8. The standard InChI is InChI=1S/C14H19N3O4/c1-2-11(13(15)19)17-12(18)8-16-14(20)21-9-10-6-4-3-5-7-10/h3-7,11H,2,8-9H2,1H3,(H2,15,19)(H,16,20)(H,17,18)/t11-/m0/s1. The average molecular weight is 293 g/mol. The molecule has 0 bridgehead atoms. The van der Waals surface area contributed by atoms with Crippen molar-refractivity contribution in [2.45, 2.75) is 26.0 Å². The quantitative estimate of drug-likeness (QED) is 0.671. The molecule has 4 N–H and O–H groups in total. The zero-order chi connectivity index (χ0) is 15.7. The predicted molar refractivity (Wildman–Crippen MR) is 76.0 cm³/mol. The molecule has 0 radical (unpaired) electrons. The van der Waals surface area contributed by atoms with Crippen LogP contribution in [-0.2, 0) is 20.9 Å². The van der Waals surface area contributed by atoms with Gasteiger partial charge in [0.05, 0.1) is 0 Å². The number of nitrogens with two attached hydrogens (primary N) is 1. The van der Waals surface area contributed by atoms with E-state index in [0.29, 0.717) is 6.42 Å². The Hall–Kier alpha value is -2.57. The van der Waals surface area contributed by atoms with Gasteiger partial charge in [0.2, 0.25) is 11.8 Å². The number of benzene rings is 1. The molecular formula is C14H19N3O4. The second-order valence-electron chi connectivity index (χ2n) is 4.35. The molecule has 0 unspecified atom stereocenters. The van der Waals surface area contributed by atoms with E-state index in [0.717, 1.165) is 5.56 Å². The topological polar surface area (TPSA) is 111 Å². The first kappa shape index (κ1) is 16.5. The van der Waals surface area contributed by atoms with Crippen molar-refractivity contribution in [1.29, 1.82) is 0 Å². The van der Waals surface area contributed by atoms with Crippen molar-refractivity contribution in [2.24, 2.45) is 5.73 Å². The molecular weight excluding hydrogens is 274 g/mol. The van der Waals surface area contributed by atoms with E-state index in [1.165, 1.54) is 0 Å². The molecule has 3 amide bonds. The van der Waals surface area contributed by atoms with Gasteiger partial charge in [-0.25, -0.2) is 4.79 Å². The molecule has 1 aromatic carbocycles. The third-order valence-corrected chi connectivity index (χ3v) is 2.69. The Morgan fingerprint density at radius 3 is 2.48 bits per heavy atom. The molecule has 1 aromatic rings. The van der Waals surface area contributed by atoms with Crippen LogP contribution in [0.25, 0.3) is 0 Å². The summed E-state index contributed by atoms with van der Waals surface area (Å²) in [6.45, 7) is 1.56. The lowest BCUT2D eigenvalue weighted by Gasteiger charge is -2.13. The number of alkyl carbamates (subject to hydrolysis) is 1. The lowest BCUT2D eigenvalue weighted by Crippen LogP contribution is -2.47. The zero-order valence-electron chi connectivity index (χ0n) is 11.8. The van der Waals surface area contributed by atoms with Gasteiger partial charge in [-0.05, 0) is 12.0 Å². The molecule has 0 saturated carbocycles. The number of amides is 3. The van der Waals surface area contributed by atoms with Gasteiger partial charge in [0.15, 0.2) is 0 Å². The molecule has 0 heterocycles. The summed E-state index contributed by atoms with van der Waals surface area (Å²) >= 11 is 0. The van der Waals surface area contributed by atoms with Crippen LogP contribution in [0.1, 0.15) is 18.9 Å². The van der Waals surface area contributed by atoms with Gasteiger partial charge in [0, 0.05) is 0 Å². The third kappa shape index (κ3) is 6.42. The Morgan fingerprint density at radius 2 is 1.90 bits per heavy atom. The molecule has 0 saturated heterocycles. The van der Waals surface area contributed by atoms with Gasteiger partial charge < -0.3 is 21.1 Å². The fourth-order valence-corrected chi connectivity index (χ4v) is 1.55. The van der Waals surface area contributed by atoms with Crippen LogP contribution in [0.3, 0.4) is 0 Å². The summed E-state index contributed by atoms with van der Waals surface area (Å²) in [7, 11) is 0. The predicted octanol–water partition coefficient (Wildman–Crippen LogP) is 0.293. The maximum absolute atomic E-state index is 11.5. The highest BCUT2D eigenvalue weighted by Crippen LogP contribution is 2.00. The minimum absolute atomic E-state index is 0.118. The van der Waals surface area contributed by atoms with E-state index in [4.69, 9.17) is 10.5 Å². The van der Waals surface area contributed by atoms with E-state index in [1.807, 2.05) is 30.3 Å². The molecule has 21 heavy (non-hydrogen) atoms. The molecule has 0 aliphatic heterocycles. The lowest BCUT2D eigenvalue weighted by molar-refractivity contribution is -0.126. The monoisotopic (exact) mass is 293 g/mol. The Bertz CT molecular complexity index is 490. The van der Waals surface area contributed by atoms with Crippen LogP contribution in [-0.4, -0.2) is 30.5 Å². The van der Waals surface area contributed by atoms with E-state index in [9.17, 15) is 14.4 Å². The Kier molecular flexibility index (Phi) is 6.73. The third-order valence-electron chi connectivity index (χ3n) is 2.69. The van der Waals surface area contributed by atoms with Crippen molar-refractivity contribution in [3.63, 3.8) is 0 Å². The number of nitrogens with one attached hydrogen (secondary N) is 2. The molecule has 0 spiro atoms. The molecule has 1 atom stereocenters. The van der Waals surface area contributed by atoms with Gasteiger partial charge in [0.1, 0.15) is 19.2 Å². The minimum Gasteiger partial charge on any atom is -0.445 e. The highest BCUT2D eigenvalue weighted by Gasteiger charge is 2.16. The van der Waals surface area contributed by atoms with E-state index in [2.05, 4.69) is 10.6 Å². The summed E-state index contributed by atoms with van der Waals surface area (Å²) in [4.78, 5) is 33.9. The smallest absolute Gasteiger partial charge is 0.407 e. The van der Waals surface area contributed by atoms with E-state index in [1.54, 1.807) is 6.92 Å². The van der Waals surface area contributed by atoms with Crippen LogP contribution in [0.15, 0.2) is 30.3 Å². The van der Waals surface area contributed by atoms with Crippen LogP contribution < -0.4 is 16.4 Å². The number of carbonyl (C=O) groups excluding carboxylic acids is 3. The second-order valence-corrected chi connectivity index (χ2v) is 4.35. The first-order valence-electron chi connectivity index (χ1n) is 6.56. The van der Waals surface area contributed by atoms with Gasteiger partial charge in [-0.15, -0.1) is 0 Å². The van der Waals surface area contributed by atoms with E-state index >= 15 is 0 Å². The number of carbonyl (C=O) groups is 3. The number of hydrogen-bond acceptors (Lipinski definition) is 4. The Labute approximate surface area is 122 Å². The van der Waals surface area contributed by atoms with Gasteiger partial charge in [-0.1, -0.05) is 37.3 Å². The first-order valence-corrected chi connectivity index (χ1v) is 6.56. The lowest BCUT2D eigenvalue weighted by atomic mass is 10.2. The van der Waals surface area contributed by atoms with Crippen molar-refractivity contribution in [3.05, 3.63) is 35.9 Å². The van der Waals surface area contributed by atoms with Crippen molar-refractivity contribution < 1.29 is 19.1 Å². The summed E-state index contributed by atoms with van der Waals surface area (Å²) in [6, 6.07) is 8.42. The Morgan fingerprint density at radius 1 is 1.24 bits per heavy atom. The normalized spacial score (nSPS) is 11.3. The fourth-order valence-electron chi connectivity index (χ4n) is 1.55. The molecule has 1 rings (SSSR count). The molecule has 114 valence electrons. The van der Waals surface area contributed by atoms with Crippen molar-refractivity contribution >= 4 is 17.9 Å². The van der Waals surface area contributed by atoms with Crippen molar-refractivity contribution in [3.8, 4) is 0 Å². The second kappa shape index (κ2) is 8.57. The highest BCUT2D eigenvalue weighted by atomic mass is 16.5. The number of rotatable bonds is 7. The molecule has 0 fully saturated rings. The highest BCUT2D eigenvalue weighted by molar-refractivity contribution is 5.88. The van der Waals surface area contributed by atoms with Gasteiger partial charge in [-0.2, -0.15) is 0 Å². The maximum atomic E-state index is 11.5. The molecule has 0 aromatic heterocycles. The number of primary amides is 1. The number of ether oxygens (including phenoxy) is 1. The molecule has 7 heteroatoms. The van der Waals surface area contributed by atoms with Crippen LogP contribution >= 0.6 is 0 Å². The summed E-state index contributed by atoms with van der Waals surface area (Å²) in [6.07, 6.45) is -0.319. The molecule has 0 aliphatic rings. The SMILES string of the molecule is CC[C@H](NC(=O)CNC(=O)OCc1ccccc1)C(N)=O. The fraction of sp³-hybridized carbons (Fsp3) is 0.357. The van der Waals surface area contributed by atoms with Gasteiger partial charge >= 0.3 is 6.09 Å². The van der Waals surface area contributed by atoms with Gasteiger partial charge in [0.25, 0.3) is 0 Å². The summed E-state index contributed by atoms with van der Waals surface area (Å²) in [5, 5.41) is 4.71. The van der Waals surface area contributed by atoms with Crippen LogP contribution in [0.4, 0.5) is 4.79 Å². The van der Waals surface area contributed by atoms with Crippen LogP contribution in [0.2, 0.25) is 0 Å². The van der Waals surface area contributed by atoms with Crippen molar-refractivity contribution in [2.75, 3.05) is 6.54 Å². The van der Waals surface area contributed by atoms with Crippen molar-refractivity contribution in [1.82, 2.24) is 10.6 Å². The van der Waals surface area contributed by atoms with Gasteiger partial charge in [-0.3, -0.25) is 9.59 Å². The molecule has 7 nitrogen and oxygen atoms in total. The largest absolute Gasteiger partial charge is 0.445 e. The number of hydrogen-bond donors (Lipinski definition) is 3. The van der Waals surface area contributed by atoms with E-state index < -0.39 is 23.9 Å². The Balaban J connectivity index is 2.26. The maximum Gasteiger partial charge on any atom is 0.407 e. The summed E-state index contributed by atoms with van der Waals surface area (Å²) in [5.74, 6) is -1.12. The molecule has 0 aliphatic carbocycles. The minimum atomic E-state index is -0.736. The summed E-state index contributed by atoms with van der Waals surface area (Å²) in [5.41, 5.74) is 5.94. The van der Waals surface area contributed by atoms with E-state index in [-0.39, 0.29) is 13.2 Å². The van der Waals surface area contributed by atoms with Crippen LogP contribution in [0, 0.1) is 0 Å². The first-order chi connectivity index (χ1) is 10.0. The average Bonchev–Trinajstić information content (AvgIpc) is 2.49.